The van der Waals surface area contributed by atoms with Gasteiger partial charge in [-0.1, -0.05) is 39.8 Å². The van der Waals surface area contributed by atoms with Crippen LogP contribution in [0.5, 0.6) is 0 Å². The van der Waals surface area contributed by atoms with E-state index in [0.717, 1.165) is 41.7 Å². The molecule has 7 heteroatoms. The average Bonchev–Trinajstić information content (AvgIpc) is 3.23. The number of H-pyrrole nitrogens is 1. The molecule has 35 heavy (non-hydrogen) atoms. The van der Waals surface area contributed by atoms with E-state index in [1.165, 1.54) is 0 Å². The average molecular weight is 483 g/mol. The van der Waals surface area contributed by atoms with E-state index in [-0.39, 0.29) is 47.8 Å². The number of aryl methyl sites for hydroxylation is 1. The van der Waals surface area contributed by atoms with Crippen LogP contribution >= 0.6 is 0 Å². The fraction of sp³-hybridized carbons (Fsp3) is 0.643. The molecule has 1 aliphatic rings. The normalized spacial score (nSPS) is 18.3. The van der Waals surface area contributed by atoms with Crippen LogP contribution in [0.25, 0.3) is 11.0 Å². The summed E-state index contributed by atoms with van der Waals surface area (Å²) in [6.45, 7) is 13.0. The summed E-state index contributed by atoms with van der Waals surface area (Å²) in [5.41, 5.74) is 2.95. The van der Waals surface area contributed by atoms with Gasteiger partial charge in [-0.25, -0.2) is 4.98 Å². The second kappa shape index (κ2) is 11.4. The highest BCUT2D eigenvalue weighted by Gasteiger charge is 2.31. The molecule has 1 aromatic heterocycles. The first-order valence-corrected chi connectivity index (χ1v) is 13.0. The number of hydrogen-bond donors (Lipinski definition) is 2. The van der Waals surface area contributed by atoms with E-state index in [0.29, 0.717) is 19.4 Å². The molecule has 3 atom stereocenters. The highest BCUT2D eigenvalue weighted by atomic mass is 16.2. The minimum atomic E-state index is -0.822. The lowest BCUT2D eigenvalue weighted by Crippen LogP contribution is -2.48. The van der Waals surface area contributed by atoms with Gasteiger partial charge in [0.15, 0.2) is 5.78 Å². The van der Waals surface area contributed by atoms with Gasteiger partial charge in [-0.3, -0.25) is 14.4 Å². The fourth-order valence-electron chi connectivity index (χ4n) is 4.73. The largest absolute Gasteiger partial charge is 0.346 e. The number of nitrogens with one attached hydrogen (secondary N) is 2. The van der Waals surface area contributed by atoms with E-state index in [4.69, 9.17) is 4.98 Å². The van der Waals surface area contributed by atoms with Gasteiger partial charge in [-0.2, -0.15) is 0 Å². The molecule has 0 spiro atoms. The number of likely N-dealkylation sites (tertiary alicyclic amines) is 1. The molecule has 0 radical (unpaired) electrons. The van der Waals surface area contributed by atoms with Crippen LogP contribution in [0.4, 0.5) is 0 Å². The van der Waals surface area contributed by atoms with Crippen molar-refractivity contribution in [2.24, 2.45) is 5.41 Å². The number of carbonyl (C=O) groups is 3. The number of aromatic amines is 1. The molecule has 0 bridgehead atoms. The van der Waals surface area contributed by atoms with Crippen molar-refractivity contribution in [3.63, 3.8) is 0 Å². The van der Waals surface area contributed by atoms with Crippen LogP contribution in [0.15, 0.2) is 18.2 Å². The van der Waals surface area contributed by atoms with Crippen molar-refractivity contribution in [3.05, 3.63) is 29.6 Å². The number of para-hydroxylation sites is 1. The molecule has 2 N–H and O–H groups in total. The number of Topliss-reactive ketones (excluding diaryl/α,β-unsaturated/α-hetero) is 1. The standard InChI is InChI=1S/C28H42N4O3/c1-18-10-9-12-21-26(18)31-27(30-21)19(2)16-23(33)22(29-24(34)13-14-28(4,5)6)17-25(35)32-15-8-7-11-20(32)3/h9-10,12,19-20,22H,7-8,11,13-17H2,1-6H3,(H,29,34)(H,30,31)/t19-,20+,22+/m1/s1. The van der Waals surface area contributed by atoms with Crippen molar-refractivity contribution in [3.8, 4) is 0 Å². The maximum Gasteiger partial charge on any atom is 0.225 e. The van der Waals surface area contributed by atoms with Crippen molar-refractivity contribution in [2.45, 2.75) is 104 Å². The summed E-state index contributed by atoms with van der Waals surface area (Å²) in [4.78, 5) is 49.2. The zero-order chi connectivity index (χ0) is 25.8. The van der Waals surface area contributed by atoms with E-state index in [1.807, 2.05) is 36.9 Å². The molecule has 2 amide bonds. The SMILES string of the molecule is Cc1cccc2[nH]c([C@H](C)CC(=O)[C@H](CC(=O)N3CCCC[C@@H]3C)NC(=O)CCC(C)(C)C)nc12. The van der Waals surface area contributed by atoms with Gasteiger partial charge in [-0.15, -0.1) is 0 Å². The molecule has 0 aliphatic carbocycles. The Morgan fingerprint density at radius 2 is 1.94 bits per heavy atom. The quantitative estimate of drug-likeness (QED) is 0.524. The van der Waals surface area contributed by atoms with Crippen molar-refractivity contribution >= 4 is 28.6 Å². The zero-order valence-corrected chi connectivity index (χ0v) is 22.2. The number of fused-ring (bicyclic) bond motifs is 1. The monoisotopic (exact) mass is 482 g/mol. The highest BCUT2D eigenvalue weighted by molar-refractivity contribution is 5.93. The molecule has 2 aromatic rings. The van der Waals surface area contributed by atoms with Crippen LogP contribution in [-0.2, 0) is 14.4 Å². The van der Waals surface area contributed by atoms with Gasteiger partial charge in [0, 0.05) is 31.3 Å². The lowest BCUT2D eigenvalue weighted by molar-refractivity contribution is -0.138. The lowest BCUT2D eigenvalue weighted by Gasteiger charge is -2.34. The Bertz CT molecular complexity index is 1050. The molecule has 0 unspecified atom stereocenters. The van der Waals surface area contributed by atoms with E-state index >= 15 is 0 Å². The summed E-state index contributed by atoms with van der Waals surface area (Å²) < 4.78 is 0. The molecular weight excluding hydrogens is 440 g/mol. The van der Waals surface area contributed by atoms with Crippen LogP contribution in [0.3, 0.4) is 0 Å². The minimum Gasteiger partial charge on any atom is -0.346 e. The summed E-state index contributed by atoms with van der Waals surface area (Å²) in [5.74, 6) is 0.226. The zero-order valence-electron chi connectivity index (χ0n) is 22.2. The number of ketones is 1. The summed E-state index contributed by atoms with van der Waals surface area (Å²) in [6, 6.07) is 5.31. The van der Waals surface area contributed by atoms with Crippen LogP contribution in [0, 0.1) is 12.3 Å². The Morgan fingerprint density at radius 1 is 1.20 bits per heavy atom. The third-order valence-electron chi connectivity index (χ3n) is 7.03. The van der Waals surface area contributed by atoms with Crippen LogP contribution in [0.2, 0.25) is 0 Å². The van der Waals surface area contributed by atoms with Crippen LogP contribution < -0.4 is 5.32 Å². The first-order chi connectivity index (χ1) is 16.4. The molecule has 1 saturated heterocycles. The van der Waals surface area contributed by atoms with Gasteiger partial charge < -0.3 is 15.2 Å². The molecular formula is C28H42N4O3. The summed E-state index contributed by atoms with van der Waals surface area (Å²) >= 11 is 0. The van der Waals surface area contributed by atoms with Gasteiger partial charge in [0.05, 0.1) is 23.5 Å². The summed E-state index contributed by atoms with van der Waals surface area (Å²) in [6.07, 6.45) is 4.33. The third kappa shape index (κ3) is 7.39. The van der Waals surface area contributed by atoms with Gasteiger partial charge in [0.1, 0.15) is 5.82 Å². The van der Waals surface area contributed by atoms with Gasteiger partial charge in [0.2, 0.25) is 11.8 Å². The smallest absolute Gasteiger partial charge is 0.225 e. The first kappa shape index (κ1) is 26.9. The minimum absolute atomic E-state index is 0.0103. The van der Waals surface area contributed by atoms with Crippen molar-refractivity contribution in [1.82, 2.24) is 20.2 Å². The number of hydrogen-bond acceptors (Lipinski definition) is 4. The Morgan fingerprint density at radius 3 is 2.60 bits per heavy atom. The third-order valence-corrected chi connectivity index (χ3v) is 7.03. The molecule has 7 nitrogen and oxygen atoms in total. The predicted octanol–water partition coefficient (Wildman–Crippen LogP) is 5.04. The maximum atomic E-state index is 13.4. The Kier molecular flexibility index (Phi) is 8.73. The molecule has 3 rings (SSSR count). The first-order valence-electron chi connectivity index (χ1n) is 13.0. The second-order valence-corrected chi connectivity index (χ2v) is 11.5. The molecule has 1 aliphatic heterocycles. The number of piperidine rings is 1. The second-order valence-electron chi connectivity index (χ2n) is 11.5. The fourth-order valence-corrected chi connectivity index (χ4v) is 4.73. The number of benzene rings is 1. The van der Waals surface area contributed by atoms with E-state index in [9.17, 15) is 14.4 Å². The molecule has 1 fully saturated rings. The van der Waals surface area contributed by atoms with Crippen molar-refractivity contribution in [1.29, 1.82) is 0 Å². The van der Waals surface area contributed by atoms with E-state index < -0.39 is 6.04 Å². The van der Waals surface area contributed by atoms with Gasteiger partial charge >= 0.3 is 0 Å². The number of rotatable bonds is 9. The number of amides is 2. The highest BCUT2D eigenvalue weighted by Crippen LogP contribution is 2.24. The predicted molar refractivity (Wildman–Crippen MR) is 139 cm³/mol. The molecule has 0 saturated carbocycles. The number of carbonyl (C=O) groups excluding carboxylic acids is 3. The number of imidazole rings is 1. The maximum absolute atomic E-state index is 13.4. The van der Waals surface area contributed by atoms with Crippen molar-refractivity contribution < 1.29 is 14.4 Å². The lowest BCUT2D eigenvalue weighted by atomic mass is 9.90. The van der Waals surface area contributed by atoms with E-state index in [1.54, 1.807) is 0 Å². The Hall–Kier alpha value is -2.70. The molecule has 2 heterocycles. The molecule has 1 aromatic carbocycles. The topological polar surface area (TPSA) is 95.2 Å². The number of nitrogens with zero attached hydrogens (tertiary/aromatic N) is 2. The van der Waals surface area contributed by atoms with Gasteiger partial charge in [0.25, 0.3) is 0 Å². The molecule has 192 valence electrons. The summed E-state index contributed by atoms with van der Waals surface area (Å²) in [7, 11) is 0. The van der Waals surface area contributed by atoms with E-state index in [2.05, 4.69) is 38.0 Å². The Balaban J connectivity index is 1.72. The van der Waals surface area contributed by atoms with Crippen LogP contribution in [0.1, 0.15) is 96.9 Å². The van der Waals surface area contributed by atoms with Crippen molar-refractivity contribution in [2.75, 3.05) is 6.54 Å². The van der Waals surface area contributed by atoms with Gasteiger partial charge in [-0.05, 0) is 56.6 Å². The van der Waals surface area contributed by atoms with Crippen LogP contribution in [-0.4, -0.2) is 51.1 Å². The summed E-state index contributed by atoms with van der Waals surface area (Å²) in [5, 5.41) is 2.90. The Labute approximate surface area is 209 Å². The number of aromatic nitrogens is 2.